The average Bonchev–Trinajstić information content (AvgIpc) is 2.15. The van der Waals surface area contributed by atoms with E-state index in [9.17, 15) is 18.0 Å². The topological polar surface area (TPSA) is 58.4 Å². The molecule has 0 saturated heterocycles. The van der Waals surface area contributed by atoms with E-state index in [4.69, 9.17) is 5.84 Å². The first-order valence-corrected chi connectivity index (χ1v) is 5.05. The number of rotatable bonds is 5. The molecule has 0 aromatic carbocycles. The van der Waals surface area contributed by atoms with Crippen LogP contribution in [0.5, 0.6) is 0 Å². The van der Waals surface area contributed by atoms with Gasteiger partial charge in [0.15, 0.2) is 0 Å². The molecule has 96 valence electrons. The van der Waals surface area contributed by atoms with Crippen molar-refractivity contribution in [2.45, 2.75) is 45.5 Å². The number of alkyl halides is 3. The number of amides is 1. The van der Waals surface area contributed by atoms with Crippen LogP contribution in [0.3, 0.4) is 0 Å². The van der Waals surface area contributed by atoms with Crippen LogP contribution in [0.15, 0.2) is 0 Å². The van der Waals surface area contributed by atoms with Crippen LogP contribution >= 0.6 is 0 Å². The molecule has 0 aliphatic carbocycles. The van der Waals surface area contributed by atoms with Crippen molar-refractivity contribution >= 4 is 5.91 Å². The monoisotopic (exact) mass is 241 g/mol. The van der Waals surface area contributed by atoms with Gasteiger partial charge in [-0.1, -0.05) is 6.92 Å². The van der Waals surface area contributed by atoms with Crippen LogP contribution in [0.2, 0.25) is 0 Å². The summed E-state index contributed by atoms with van der Waals surface area (Å²) in [4.78, 5) is 12.4. The predicted octanol–water partition coefficient (Wildman–Crippen LogP) is 1.03. The van der Waals surface area contributed by atoms with Gasteiger partial charge in [-0.15, -0.1) is 0 Å². The summed E-state index contributed by atoms with van der Waals surface area (Å²) in [6.07, 6.45) is -4.05. The van der Waals surface area contributed by atoms with Crippen LogP contribution < -0.4 is 11.3 Å². The van der Waals surface area contributed by atoms with Gasteiger partial charge in [0.05, 0.1) is 12.6 Å². The summed E-state index contributed by atoms with van der Waals surface area (Å²) < 4.78 is 37.0. The second kappa shape index (κ2) is 6.05. The van der Waals surface area contributed by atoms with E-state index in [0.29, 0.717) is 0 Å². The average molecular weight is 241 g/mol. The maximum absolute atomic E-state index is 12.3. The molecule has 1 unspecified atom stereocenters. The number of nitrogens with zero attached hydrogens (tertiary/aromatic N) is 1. The zero-order valence-corrected chi connectivity index (χ0v) is 9.64. The van der Waals surface area contributed by atoms with Crippen molar-refractivity contribution in [1.29, 1.82) is 0 Å². The van der Waals surface area contributed by atoms with Crippen LogP contribution in [0.4, 0.5) is 13.2 Å². The van der Waals surface area contributed by atoms with Gasteiger partial charge in [-0.05, 0) is 20.3 Å². The minimum Gasteiger partial charge on any atom is -0.293 e. The maximum Gasteiger partial charge on any atom is 0.401 e. The molecule has 0 aliphatic heterocycles. The Hall–Kier alpha value is -0.820. The van der Waals surface area contributed by atoms with Gasteiger partial charge in [-0.3, -0.25) is 15.1 Å². The highest BCUT2D eigenvalue weighted by molar-refractivity contribution is 5.81. The molecule has 1 amide bonds. The molecule has 4 nitrogen and oxygen atoms in total. The van der Waals surface area contributed by atoms with Crippen molar-refractivity contribution in [3.05, 3.63) is 0 Å². The van der Waals surface area contributed by atoms with Crippen molar-refractivity contribution in [2.75, 3.05) is 6.54 Å². The second-order valence-electron chi connectivity index (χ2n) is 3.81. The summed E-state index contributed by atoms with van der Waals surface area (Å²) in [6, 6.07) is -1.24. The molecular formula is C9H18F3N3O. The fourth-order valence-electron chi connectivity index (χ4n) is 1.53. The first-order valence-electron chi connectivity index (χ1n) is 5.05. The van der Waals surface area contributed by atoms with E-state index in [1.807, 2.05) is 5.43 Å². The Bertz CT molecular complexity index is 231. The Balaban J connectivity index is 4.80. The van der Waals surface area contributed by atoms with Crippen molar-refractivity contribution in [3.8, 4) is 0 Å². The van der Waals surface area contributed by atoms with Crippen LogP contribution in [0.1, 0.15) is 27.2 Å². The largest absolute Gasteiger partial charge is 0.401 e. The molecule has 3 N–H and O–H groups in total. The van der Waals surface area contributed by atoms with Crippen LogP contribution in [-0.2, 0) is 4.79 Å². The van der Waals surface area contributed by atoms with Gasteiger partial charge in [-0.2, -0.15) is 13.2 Å². The fourth-order valence-corrected chi connectivity index (χ4v) is 1.53. The number of hydrogen-bond acceptors (Lipinski definition) is 3. The highest BCUT2D eigenvalue weighted by atomic mass is 19.4. The quantitative estimate of drug-likeness (QED) is 0.429. The van der Waals surface area contributed by atoms with E-state index in [-0.39, 0.29) is 12.5 Å². The lowest BCUT2D eigenvalue weighted by Crippen LogP contribution is -2.53. The molecule has 0 radical (unpaired) electrons. The lowest BCUT2D eigenvalue weighted by Gasteiger charge is -2.33. The summed E-state index contributed by atoms with van der Waals surface area (Å²) >= 11 is 0. The van der Waals surface area contributed by atoms with Gasteiger partial charge in [-0.25, -0.2) is 5.84 Å². The van der Waals surface area contributed by atoms with Gasteiger partial charge < -0.3 is 0 Å². The Kier molecular flexibility index (Phi) is 5.74. The molecule has 0 spiro atoms. The Labute approximate surface area is 92.9 Å². The van der Waals surface area contributed by atoms with Crippen molar-refractivity contribution in [3.63, 3.8) is 0 Å². The van der Waals surface area contributed by atoms with Crippen LogP contribution in [0, 0.1) is 0 Å². The third-order valence-corrected chi connectivity index (χ3v) is 2.26. The van der Waals surface area contributed by atoms with Gasteiger partial charge in [0, 0.05) is 6.04 Å². The molecule has 0 fully saturated rings. The number of hydrogen-bond donors (Lipinski definition) is 2. The van der Waals surface area contributed by atoms with E-state index in [2.05, 4.69) is 0 Å². The Morgan fingerprint density at radius 3 is 2.19 bits per heavy atom. The number of carbonyl (C=O) groups excluding carboxylic acids is 1. The molecule has 0 bridgehead atoms. The predicted molar refractivity (Wildman–Crippen MR) is 54.3 cm³/mol. The zero-order valence-electron chi connectivity index (χ0n) is 9.64. The van der Waals surface area contributed by atoms with Crippen LogP contribution in [0.25, 0.3) is 0 Å². The number of halogens is 3. The van der Waals surface area contributed by atoms with E-state index >= 15 is 0 Å². The van der Waals surface area contributed by atoms with Gasteiger partial charge in [0.2, 0.25) is 0 Å². The normalized spacial score (nSPS) is 14.3. The Morgan fingerprint density at radius 1 is 1.44 bits per heavy atom. The molecule has 0 aliphatic rings. The summed E-state index contributed by atoms with van der Waals surface area (Å²) in [5, 5.41) is 0. The van der Waals surface area contributed by atoms with E-state index < -0.39 is 24.7 Å². The van der Waals surface area contributed by atoms with E-state index in [0.717, 1.165) is 4.90 Å². The Morgan fingerprint density at radius 2 is 1.94 bits per heavy atom. The van der Waals surface area contributed by atoms with Crippen molar-refractivity contribution < 1.29 is 18.0 Å². The molecule has 0 aromatic heterocycles. The summed E-state index contributed by atoms with van der Waals surface area (Å²) in [5.41, 5.74) is 1.89. The molecule has 0 saturated carbocycles. The SMILES string of the molecule is CCC(C(=O)NN)N(CC(F)(F)F)C(C)C. The summed E-state index contributed by atoms with van der Waals surface area (Å²) in [5.74, 6) is 4.35. The molecule has 0 heterocycles. The molecule has 7 heteroatoms. The third kappa shape index (κ3) is 4.80. The van der Waals surface area contributed by atoms with E-state index in [1.165, 1.54) is 0 Å². The smallest absolute Gasteiger partial charge is 0.293 e. The van der Waals surface area contributed by atoms with Crippen LogP contribution in [-0.4, -0.2) is 35.6 Å². The van der Waals surface area contributed by atoms with Gasteiger partial charge in [0.25, 0.3) is 5.91 Å². The van der Waals surface area contributed by atoms with E-state index in [1.54, 1.807) is 20.8 Å². The van der Waals surface area contributed by atoms with Gasteiger partial charge in [0.1, 0.15) is 0 Å². The molecule has 1 atom stereocenters. The van der Waals surface area contributed by atoms with Gasteiger partial charge >= 0.3 is 6.18 Å². The first kappa shape index (κ1) is 15.2. The molecule has 0 aromatic rings. The standard InChI is InChI=1S/C9H18F3N3O/c1-4-7(8(16)14-13)15(6(2)3)5-9(10,11)12/h6-7H,4-5,13H2,1-3H3,(H,14,16). The zero-order chi connectivity index (χ0) is 12.9. The summed E-state index contributed by atoms with van der Waals surface area (Å²) in [7, 11) is 0. The highest BCUT2D eigenvalue weighted by Crippen LogP contribution is 2.21. The number of nitrogens with two attached hydrogens (primary N) is 1. The molecule has 0 rings (SSSR count). The lowest BCUT2D eigenvalue weighted by molar-refractivity contribution is -0.159. The minimum atomic E-state index is -4.33. The maximum atomic E-state index is 12.3. The van der Waals surface area contributed by atoms with Crippen molar-refractivity contribution in [2.24, 2.45) is 5.84 Å². The molecular weight excluding hydrogens is 223 g/mol. The minimum absolute atomic E-state index is 0.275. The fraction of sp³-hybridized carbons (Fsp3) is 0.889. The first-order chi connectivity index (χ1) is 7.22. The summed E-state index contributed by atoms with van der Waals surface area (Å²) in [6.45, 7) is 3.75. The number of nitrogens with one attached hydrogen (secondary N) is 1. The number of hydrazine groups is 1. The number of carbonyl (C=O) groups is 1. The van der Waals surface area contributed by atoms with Crippen molar-refractivity contribution in [1.82, 2.24) is 10.3 Å². The second-order valence-corrected chi connectivity index (χ2v) is 3.81. The lowest BCUT2D eigenvalue weighted by atomic mass is 10.1. The highest BCUT2D eigenvalue weighted by Gasteiger charge is 2.36. The molecule has 16 heavy (non-hydrogen) atoms. The third-order valence-electron chi connectivity index (χ3n) is 2.26.